The SMILES string of the molecule is CCCC(C(C)(C)C)C(C)(C)OCC(C)[C@H](CCO)OC(C)(C)[C@@H](CCC)C(C)(C)C. The quantitative estimate of drug-likeness (QED) is 0.297. The minimum atomic E-state index is -0.256. The molecule has 0 aliphatic carbocycles. The largest absolute Gasteiger partial charge is 0.396 e. The molecule has 0 aromatic carbocycles. The summed E-state index contributed by atoms with van der Waals surface area (Å²) in [6.45, 7) is 30.4. The Morgan fingerprint density at radius 3 is 1.45 bits per heavy atom. The summed E-state index contributed by atoms with van der Waals surface area (Å²) in [4.78, 5) is 0. The molecule has 1 N–H and O–H groups in total. The maximum absolute atomic E-state index is 9.76. The van der Waals surface area contributed by atoms with Crippen LogP contribution in [0.3, 0.4) is 0 Å². The second-order valence-corrected chi connectivity index (χ2v) is 13.1. The monoisotopic (exact) mass is 442 g/mol. The Morgan fingerprint density at radius 2 is 1.10 bits per heavy atom. The third-order valence-corrected chi connectivity index (χ3v) is 7.15. The van der Waals surface area contributed by atoms with E-state index in [2.05, 4.69) is 90.0 Å². The van der Waals surface area contributed by atoms with Gasteiger partial charge in [-0.05, 0) is 69.6 Å². The molecule has 0 radical (unpaired) electrons. The predicted molar refractivity (Wildman–Crippen MR) is 136 cm³/mol. The average molecular weight is 443 g/mol. The first-order valence-corrected chi connectivity index (χ1v) is 12.9. The zero-order valence-electron chi connectivity index (χ0n) is 23.5. The van der Waals surface area contributed by atoms with Crippen molar-refractivity contribution >= 4 is 0 Å². The van der Waals surface area contributed by atoms with Crippen LogP contribution in [-0.2, 0) is 9.47 Å². The van der Waals surface area contributed by atoms with Gasteiger partial charge >= 0.3 is 0 Å². The molecule has 0 bridgehead atoms. The molecule has 0 spiro atoms. The van der Waals surface area contributed by atoms with Gasteiger partial charge in [-0.3, -0.25) is 0 Å². The van der Waals surface area contributed by atoms with Crippen LogP contribution in [0, 0.1) is 28.6 Å². The molecule has 0 aromatic heterocycles. The average Bonchev–Trinajstić information content (AvgIpc) is 2.59. The Hall–Kier alpha value is -0.120. The molecule has 3 heteroatoms. The summed E-state index contributed by atoms with van der Waals surface area (Å²) >= 11 is 0. The number of hydrogen-bond acceptors (Lipinski definition) is 3. The van der Waals surface area contributed by atoms with Gasteiger partial charge in [0, 0.05) is 12.5 Å². The summed E-state index contributed by atoms with van der Waals surface area (Å²) in [6.07, 6.45) is 5.26. The van der Waals surface area contributed by atoms with Crippen molar-refractivity contribution in [1.82, 2.24) is 0 Å². The highest BCUT2D eigenvalue weighted by molar-refractivity contribution is 4.90. The lowest BCUT2D eigenvalue weighted by atomic mass is 9.69. The highest BCUT2D eigenvalue weighted by Gasteiger charge is 2.42. The summed E-state index contributed by atoms with van der Waals surface area (Å²) < 4.78 is 13.4. The molecule has 0 aliphatic heterocycles. The summed E-state index contributed by atoms with van der Waals surface area (Å²) in [6, 6.07) is 0. The van der Waals surface area contributed by atoms with Crippen molar-refractivity contribution in [2.45, 2.75) is 139 Å². The van der Waals surface area contributed by atoms with Gasteiger partial charge in [-0.15, -0.1) is 0 Å². The second kappa shape index (κ2) is 12.4. The van der Waals surface area contributed by atoms with Crippen LogP contribution in [-0.4, -0.2) is 35.6 Å². The Labute approximate surface area is 196 Å². The van der Waals surface area contributed by atoms with Gasteiger partial charge in [-0.1, -0.05) is 75.2 Å². The van der Waals surface area contributed by atoms with E-state index in [9.17, 15) is 5.11 Å². The van der Waals surface area contributed by atoms with Gasteiger partial charge in [-0.2, -0.15) is 0 Å². The van der Waals surface area contributed by atoms with Gasteiger partial charge in [-0.25, -0.2) is 0 Å². The minimum absolute atomic E-state index is 0.0169. The van der Waals surface area contributed by atoms with Crippen LogP contribution in [0.15, 0.2) is 0 Å². The molecular weight excluding hydrogens is 384 g/mol. The van der Waals surface area contributed by atoms with Gasteiger partial charge < -0.3 is 14.6 Å². The van der Waals surface area contributed by atoms with Crippen molar-refractivity contribution in [3.05, 3.63) is 0 Å². The Kier molecular flexibility index (Phi) is 12.3. The number of hydrogen-bond donors (Lipinski definition) is 1. The standard InChI is InChI=1S/C28H58O3/c1-14-16-23(25(4,5)6)27(10,11)30-20-21(3)22(18-19-29)31-28(12,13)24(17-15-2)26(7,8)9/h21-24,29H,14-20H2,1-13H3/t21?,22-,23?,24-/m0/s1. The van der Waals surface area contributed by atoms with E-state index >= 15 is 0 Å². The van der Waals surface area contributed by atoms with Crippen LogP contribution in [0.1, 0.15) is 122 Å². The lowest BCUT2D eigenvalue weighted by Crippen LogP contribution is -2.47. The molecular formula is C28H58O3. The lowest BCUT2D eigenvalue weighted by Gasteiger charge is -2.46. The first kappa shape index (κ1) is 30.9. The van der Waals surface area contributed by atoms with Crippen LogP contribution in [0.2, 0.25) is 0 Å². The predicted octanol–water partition coefficient (Wildman–Crippen LogP) is 7.89. The molecule has 0 aromatic rings. The van der Waals surface area contributed by atoms with E-state index in [0.29, 0.717) is 24.9 Å². The lowest BCUT2D eigenvalue weighted by molar-refractivity contribution is -0.169. The number of aliphatic hydroxyl groups excluding tert-OH is 1. The van der Waals surface area contributed by atoms with Crippen LogP contribution >= 0.6 is 0 Å². The fourth-order valence-electron chi connectivity index (χ4n) is 5.84. The molecule has 0 saturated heterocycles. The van der Waals surface area contributed by atoms with Gasteiger partial charge in [0.05, 0.1) is 23.9 Å². The van der Waals surface area contributed by atoms with Crippen LogP contribution < -0.4 is 0 Å². The van der Waals surface area contributed by atoms with Crippen LogP contribution in [0.25, 0.3) is 0 Å². The molecule has 0 heterocycles. The summed E-state index contributed by atoms with van der Waals surface area (Å²) in [7, 11) is 0. The minimum Gasteiger partial charge on any atom is -0.396 e. The zero-order chi connectivity index (χ0) is 24.7. The highest BCUT2D eigenvalue weighted by Crippen LogP contribution is 2.42. The maximum atomic E-state index is 9.76. The smallest absolute Gasteiger partial charge is 0.0663 e. The Balaban J connectivity index is 5.42. The topological polar surface area (TPSA) is 38.7 Å². The summed E-state index contributed by atoms with van der Waals surface area (Å²) in [5, 5.41) is 9.76. The van der Waals surface area contributed by atoms with Gasteiger partial charge in [0.2, 0.25) is 0 Å². The maximum Gasteiger partial charge on any atom is 0.0663 e. The van der Waals surface area contributed by atoms with E-state index in [1.807, 2.05) is 0 Å². The highest BCUT2D eigenvalue weighted by atomic mass is 16.5. The fourth-order valence-corrected chi connectivity index (χ4v) is 5.84. The van der Waals surface area contributed by atoms with Crippen molar-refractivity contribution in [3.8, 4) is 0 Å². The number of aliphatic hydroxyl groups is 1. The van der Waals surface area contributed by atoms with Crippen molar-refractivity contribution in [3.63, 3.8) is 0 Å². The second-order valence-electron chi connectivity index (χ2n) is 13.1. The van der Waals surface area contributed by atoms with Gasteiger partial charge in [0.25, 0.3) is 0 Å². The number of ether oxygens (including phenoxy) is 2. The third kappa shape index (κ3) is 10.1. The fraction of sp³-hybridized carbons (Fsp3) is 1.00. The van der Waals surface area contributed by atoms with E-state index in [1.54, 1.807) is 0 Å². The van der Waals surface area contributed by atoms with Crippen LogP contribution in [0.4, 0.5) is 0 Å². The van der Waals surface area contributed by atoms with E-state index in [0.717, 1.165) is 12.8 Å². The third-order valence-electron chi connectivity index (χ3n) is 7.15. The molecule has 0 saturated carbocycles. The van der Waals surface area contributed by atoms with Gasteiger partial charge in [0.15, 0.2) is 0 Å². The Morgan fingerprint density at radius 1 is 0.677 bits per heavy atom. The normalized spacial score (nSPS) is 18.0. The molecule has 3 nitrogen and oxygen atoms in total. The first-order chi connectivity index (χ1) is 13.9. The molecule has 0 rings (SSSR count). The molecule has 0 fully saturated rings. The van der Waals surface area contributed by atoms with Crippen molar-refractivity contribution in [2.24, 2.45) is 28.6 Å². The first-order valence-electron chi connectivity index (χ1n) is 12.9. The van der Waals surface area contributed by atoms with Crippen molar-refractivity contribution in [1.29, 1.82) is 0 Å². The van der Waals surface area contributed by atoms with Crippen molar-refractivity contribution < 1.29 is 14.6 Å². The molecule has 0 aliphatic rings. The molecule has 188 valence electrons. The van der Waals surface area contributed by atoms with Gasteiger partial charge in [0.1, 0.15) is 0 Å². The zero-order valence-corrected chi connectivity index (χ0v) is 23.5. The molecule has 0 amide bonds. The Bertz CT molecular complexity index is 481. The molecule has 31 heavy (non-hydrogen) atoms. The van der Waals surface area contributed by atoms with Crippen molar-refractivity contribution in [2.75, 3.05) is 13.2 Å². The van der Waals surface area contributed by atoms with E-state index in [1.165, 1.54) is 12.8 Å². The summed E-state index contributed by atoms with van der Waals surface area (Å²) in [5.41, 5.74) is -0.0805. The van der Waals surface area contributed by atoms with E-state index in [4.69, 9.17) is 9.47 Å². The van der Waals surface area contributed by atoms with Crippen LogP contribution in [0.5, 0.6) is 0 Å². The van der Waals surface area contributed by atoms with E-state index < -0.39 is 0 Å². The molecule has 4 atom stereocenters. The van der Waals surface area contributed by atoms with E-state index in [-0.39, 0.29) is 40.7 Å². The summed E-state index contributed by atoms with van der Waals surface area (Å²) in [5.74, 6) is 1.15. The number of rotatable bonds is 14. The molecule has 2 unspecified atom stereocenters.